The Morgan fingerprint density at radius 2 is 1.89 bits per heavy atom. The van der Waals surface area contributed by atoms with Crippen LogP contribution in [0.15, 0.2) is 24.3 Å². The summed E-state index contributed by atoms with van der Waals surface area (Å²) in [6.45, 7) is 4.04. The van der Waals surface area contributed by atoms with E-state index in [1.165, 1.54) is 0 Å². The van der Waals surface area contributed by atoms with Crippen LogP contribution in [0.5, 0.6) is 0 Å². The van der Waals surface area contributed by atoms with Crippen molar-refractivity contribution >= 4 is 5.91 Å². The highest BCUT2D eigenvalue weighted by molar-refractivity contribution is 5.82. The average molecular weight is 256 g/mol. The van der Waals surface area contributed by atoms with Crippen LogP contribution in [0.25, 0.3) is 0 Å². The van der Waals surface area contributed by atoms with Gasteiger partial charge in [-0.15, -0.1) is 0 Å². The number of rotatable bonds is 3. The molecule has 0 heterocycles. The molecule has 0 aliphatic heterocycles. The summed E-state index contributed by atoms with van der Waals surface area (Å²) in [7, 11) is 0. The molecule has 1 aliphatic rings. The van der Waals surface area contributed by atoms with Crippen LogP contribution in [0.3, 0.4) is 0 Å². The van der Waals surface area contributed by atoms with E-state index in [9.17, 15) is 4.79 Å². The number of nitrogens with zero attached hydrogens (tertiary/aromatic N) is 1. The van der Waals surface area contributed by atoms with Crippen molar-refractivity contribution in [3.63, 3.8) is 0 Å². The number of hydrogen-bond acceptors (Lipinski definition) is 2. The van der Waals surface area contributed by atoms with Crippen LogP contribution in [-0.4, -0.2) is 5.91 Å². The Balaban J connectivity index is 2.02. The highest BCUT2D eigenvalue weighted by atomic mass is 16.2. The minimum absolute atomic E-state index is 0.0160. The molecule has 1 aromatic carbocycles. The molecule has 0 radical (unpaired) electrons. The number of nitriles is 1. The first-order chi connectivity index (χ1) is 9.05. The Morgan fingerprint density at radius 3 is 2.42 bits per heavy atom. The number of amides is 1. The summed E-state index contributed by atoms with van der Waals surface area (Å²) in [6, 6.07) is 9.46. The summed E-state index contributed by atoms with van der Waals surface area (Å²) in [5.74, 6) is 0.154. The maximum absolute atomic E-state index is 12.3. The van der Waals surface area contributed by atoms with Crippen molar-refractivity contribution in [2.45, 2.75) is 45.6 Å². The zero-order valence-electron chi connectivity index (χ0n) is 11.6. The molecule has 1 unspecified atom stereocenters. The quantitative estimate of drug-likeness (QED) is 0.902. The highest BCUT2D eigenvalue weighted by Crippen LogP contribution is 2.38. The van der Waals surface area contributed by atoms with Crippen molar-refractivity contribution in [1.29, 1.82) is 5.26 Å². The highest BCUT2D eigenvalue weighted by Gasteiger charge is 2.36. The number of hydrogen-bond donors (Lipinski definition) is 1. The Labute approximate surface area is 114 Å². The Kier molecular flexibility index (Phi) is 3.90. The number of carbonyl (C=O) groups is 1. The van der Waals surface area contributed by atoms with E-state index in [0.717, 1.165) is 31.2 Å². The van der Waals surface area contributed by atoms with Crippen LogP contribution in [0, 0.1) is 16.7 Å². The molecule has 1 atom stereocenters. The molecule has 1 saturated carbocycles. The van der Waals surface area contributed by atoms with Gasteiger partial charge >= 0.3 is 0 Å². The lowest BCUT2D eigenvalue weighted by molar-refractivity contribution is -0.130. The molecule has 0 spiro atoms. The Bertz CT molecular complexity index is 492. The molecule has 19 heavy (non-hydrogen) atoms. The van der Waals surface area contributed by atoms with Crippen LogP contribution >= 0.6 is 0 Å². The fourth-order valence-electron chi connectivity index (χ4n) is 2.68. The lowest BCUT2D eigenvalue weighted by Gasteiger charge is -2.25. The maximum Gasteiger partial charge on any atom is 0.226 e. The fraction of sp³-hybridized carbons (Fsp3) is 0.500. The first kappa shape index (κ1) is 13.6. The van der Waals surface area contributed by atoms with Gasteiger partial charge in [0.15, 0.2) is 0 Å². The fourth-order valence-corrected chi connectivity index (χ4v) is 2.68. The lowest BCUT2D eigenvalue weighted by Crippen LogP contribution is -2.38. The van der Waals surface area contributed by atoms with Crippen LogP contribution < -0.4 is 5.32 Å². The molecule has 1 aromatic rings. The van der Waals surface area contributed by atoms with Crippen LogP contribution in [0.1, 0.15) is 56.7 Å². The van der Waals surface area contributed by atoms with E-state index >= 15 is 0 Å². The van der Waals surface area contributed by atoms with Gasteiger partial charge in [-0.1, -0.05) is 31.9 Å². The molecule has 3 heteroatoms. The molecule has 0 aromatic heterocycles. The molecule has 1 N–H and O–H groups in total. The summed E-state index contributed by atoms with van der Waals surface area (Å²) in [5, 5.41) is 11.9. The van der Waals surface area contributed by atoms with Gasteiger partial charge in [0.1, 0.15) is 0 Å². The second-order valence-electron chi connectivity index (χ2n) is 5.70. The van der Waals surface area contributed by atoms with Gasteiger partial charge in [0.05, 0.1) is 17.7 Å². The van der Waals surface area contributed by atoms with Crippen molar-refractivity contribution in [3.05, 3.63) is 35.4 Å². The van der Waals surface area contributed by atoms with Gasteiger partial charge in [0, 0.05) is 5.41 Å². The van der Waals surface area contributed by atoms with Gasteiger partial charge < -0.3 is 5.32 Å². The zero-order valence-corrected chi connectivity index (χ0v) is 11.6. The predicted molar refractivity (Wildman–Crippen MR) is 74.3 cm³/mol. The van der Waals surface area contributed by atoms with Gasteiger partial charge in [0.2, 0.25) is 5.91 Å². The lowest BCUT2D eigenvalue weighted by atomic mass is 9.87. The van der Waals surface area contributed by atoms with Crippen LogP contribution in [0.4, 0.5) is 0 Å². The molecule has 1 amide bonds. The van der Waals surface area contributed by atoms with Crippen molar-refractivity contribution < 1.29 is 4.79 Å². The van der Waals surface area contributed by atoms with E-state index < -0.39 is 0 Å². The van der Waals surface area contributed by atoms with E-state index in [1.54, 1.807) is 12.1 Å². The smallest absolute Gasteiger partial charge is 0.226 e. The second kappa shape index (κ2) is 5.44. The summed E-state index contributed by atoms with van der Waals surface area (Å²) >= 11 is 0. The minimum Gasteiger partial charge on any atom is -0.349 e. The molecule has 1 aliphatic carbocycles. The summed E-state index contributed by atoms with van der Waals surface area (Å²) < 4.78 is 0. The number of carbonyl (C=O) groups excluding carboxylic acids is 1. The first-order valence-corrected chi connectivity index (χ1v) is 6.86. The van der Waals surface area contributed by atoms with Crippen molar-refractivity contribution in [2.75, 3.05) is 0 Å². The van der Waals surface area contributed by atoms with E-state index in [4.69, 9.17) is 5.26 Å². The Hall–Kier alpha value is -1.82. The van der Waals surface area contributed by atoms with Gasteiger partial charge in [-0.3, -0.25) is 4.79 Å². The molecule has 2 rings (SSSR count). The van der Waals surface area contributed by atoms with Gasteiger partial charge in [-0.2, -0.15) is 5.26 Å². The molecule has 100 valence electrons. The summed E-state index contributed by atoms with van der Waals surface area (Å²) in [5.41, 5.74) is 1.49. The molecule has 0 bridgehead atoms. The van der Waals surface area contributed by atoms with Crippen LogP contribution in [-0.2, 0) is 4.79 Å². The Morgan fingerprint density at radius 1 is 1.32 bits per heavy atom. The van der Waals surface area contributed by atoms with E-state index in [2.05, 4.69) is 18.3 Å². The molecular formula is C16H20N2O. The van der Waals surface area contributed by atoms with Gasteiger partial charge in [0.25, 0.3) is 0 Å². The van der Waals surface area contributed by atoms with Crippen molar-refractivity contribution in [1.82, 2.24) is 5.32 Å². The monoisotopic (exact) mass is 256 g/mol. The number of benzene rings is 1. The summed E-state index contributed by atoms with van der Waals surface area (Å²) in [6.07, 6.45) is 4.27. The van der Waals surface area contributed by atoms with Crippen LogP contribution in [0.2, 0.25) is 0 Å². The first-order valence-electron chi connectivity index (χ1n) is 6.86. The molecular weight excluding hydrogens is 236 g/mol. The van der Waals surface area contributed by atoms with E-state index in [0.29, 0.717) is 5.56 Å². The van der Waals surface area contributed by atoms with E-state index in [1.807, 2.05) is 19.1 Å². The van der Waals surface area contributed by atoms with Crippen molar-refractivity contribution in [2.24, 2.45) is 5.41 Å². The standard InChI is InChI=1S/C16H20N2O/c1-12(14-7-5-13(11-17)6-8-14)18-15(19)16(2)9-3-4-10-16/h5-8,12H,3-4,9-10H2,1-2H3,(H,18,19). The maximum atomic E-state index is 12.3. The molecule has 1 fully saturated rings. The minimum atomic E-state index is -0.194. The SMILES string of the molecule is CC(NC(=O)C1(C)CCCC1)c1ccc(C#N)cc1. The third-order valence-corrected chi connectivity index (χ3v) is 4.14. The number of nitrogens with one attached hydrogen (secondary N) is 1. The van der Waals surface area contributed by atoms with Gasteiger partial charge in [-0.05, 0) is 37.5 Å². The summed E-state index contributed by atoms with van der Waals surface area (Å²) in [4.78, 5) is 12.3. The third-order valence-electron chi connectivity index (χ3n) is 4.14. The second-order valence-corrected chi connectivity index (χ2v) is 5.70. The van der Waals surface area contributed by atoms with Crippen molar-refractivity contribution in [3.8, 4) is 6.07 Å². The topological polar surface area (TPSA) is 52.9 Å². The molecule has 3 nitrogen and oxygen atoms in total. The zero-order chi connectivity index (χ0) is 13.9. The normalized spacial score (nSPS) is 18.6. The predicted octanol–water partition coefficient (Wildman–Crippen LogP) is 3.32. The average Bonchev–Trinajstić information content (AvgIpc) is 2.87. The van der Waals surface area contributed by atoms with E-state index in [-0.39, 0.29) is 17.4 Å². The third kappa shape index (κ3) is 2.96. The molecule has 0 saturated heterocycles. The largest absolute Gasteiger partial charge is 0.349 e. The van der Waals surface area contributed by atoms with Gasteiger partial charge in [-0.25, -0.2) is 0 Å².